The minimum absolute atomic E-state index is 0.0919. The first-order valence-corrected chi connectivity index (χ1v) is 28.5. The summed E-state index contributed by atoms with van der Waals surface area (Å²) in [6.45, 7) is 6.48. The predicted molar refractivity (Wildman–Crippen MR) is 288 cm³/mol. The lowest BCUT2D eigenvalue weighted by molar-refractivity contribution is -0.167. The highest BCUT2D eigenvalue weighted by molar-refractivity contribution is 5.71. The van der Waals surface area contributed by atoms with Crippen LogP contribution in [0.2, 0.25) is 0 Å². The van der Waals surface area contributed by atoms with E-state index >= 15 is 0 Å². The van der Waals surface area contributed by atoms with Gasteiger partial charge in [-0.05, 0) is 64.2 Å². The quantitative estimate of drug-likeness (QED) is 0.0262. The number of allylic oxidation sites excluding steroid dienone is 12. The van der Waals surface area contributed by atoms with E-state index in [0.29, 0.717) is 19.3 Å². The Morgan fingerprint density at radius 3 is 0.940 bits per heavy atom. The van der Waals surface area contributed by atoms with Gasteiger partial charge in [-0.3, -0.25) is 14.4 Å². The topological polar surface area (TPSA) is 78.9 Å². The summed E-state index contributed by atoms with van der Waals surface area (Å²) in [5.74, 6) is -0.933. The molecule has 0 radical (unpaired) electrons. The summed E-state index contributed by atoms with van der Waals surface area (Å²) >= 11 is 0. The molecule has 0 aliphatic heterocycles. The third-order valence-electron chi connectivity index (χ3n) is 12.3. The van der Waals surface area contributed by atoms with E-state index in [1.54, 1.807) is 0 Å². The fourth-order valence-corrected chi connectivity index (χ4v) is 8.03. The summed E-state index contributed by atoms with van der Waals surface area (Å²) in [6, 6.07) is 0. The van der Waals surface area contributed by atoms with E-state index < -0.39 is 6.10 Å². The maximum atomic E-state index is 12.8. The Bertz CT molecular complexity index is 1260. The summed E-state index contributed by atoms with van der Waals surface area (Å²) in [5.41, 5.74) is 0. The van der Waals surface area contributed by atoms with Crippen molar-refractivity contribution < 1.29 is 28.6 Å². The molecule has 0 spiro atoms. The first-order valence-electron chi connectivity index (χ1n) is 28.5. The molecular formula is C61H106O6. The molecule has 386 valence electrons. The van der Waals surface area contributed by atoms with Gasteiger partial charge in [0.2, 0.25) is 0 Å². The molecule has 0 bridgehead atoms. The summed E-state index contributed by atoms with van der Waals surface area (Å²) in [7, 11) is 0. The normalized spacial score (nSPS) is 12.6. The molecule has 1 atom stereocenters. The van der Waals surface area contributed by atoms with E-state index in [1.807, 2.05) is 18.2 Å². The summed E-state index contributed by atoms with van der Waals surface area (Å²) < 4.78 is 16.8. The molecular weight excluding hydrogens is 829 g/mol. The van der Waals surface area contributed by atoms with Crippen LogP contribution in [0.25, 0.3) is 0 Å². The van der Waals surface area contributed by atoms with Gasteiger partial charge in [0.25, 0.3) is 0 Å². The van der Waals surface area contributed by atoms with Gasteiger partial charge in [-0.1, -0.05) is 267 Å². The number of rotatable bonds is 51. The maximum absolute atomic E-state index is 12.8. The van der Waals surface area contributed by atoms with Crippen molar-refractivity contribution in [3.8, 4) is 0 Å². The summed E-state index contributed by atoms with van der Waals surface area (Å²) in [4.78, 5) is 38.1. The number of hydrogen-bond donors (Lipinski definition) is 0. The average molecular weight is 936 g/mol. The molecule has 1 unspecified atom stereocenters. The van der Waals surface area contributed by atoms with Crippen LogP contribution in [0, 0.1) is 0 Å². The van der Waals surface area contributed by atoms with Crippen molar-refractivity contribution in [2.75, 3.05) is 13.2 Å². The maximum Gasteiger partial charge on any atom is 0.306 e. The Hall–Kier alpha value is -3.15. The van der Waals surface area contributed by atoms with Crippen LogP contribution >= 0.6 is 0 Å². The van der Waals surface area contributed by atoms with Gasteiger partial charge in [0.05, 0.1) is 0 Å². The number of carbonyl (C=O) groups excluding carboxylic acids is 3. The zero-order valence-electron chi connectivity index (χ0n) is 44.2. The largest absolute Gasteiger partial charge is 0.462 e. The predicted octanol–water partition coefficient (Wildman–Crippen LogP) is 19.0. The lowest BCUT2D eigenvalue weighted by Crippen LogP contribution is -2.30. The lowest BCUT2D eigenvalue weighted by atomic mass is 10.0. The van der Waals surface area contributed by atoms with E-state index in [0.717, 1.165) is 96.3 Å². The molecule has 0 heterocycles. The molecule has 0 aliphatic rings. The fraction of sp³-hybridized carbons (Fsp3) is 0.754. The van der Waals surface area contributed by atoms with Crippen LogP contribution < -0.4 is 0 Å². The van der Waals surface area contributed by atoms with Gasteiger partial charge in [-0.25, -0.2) is 0 Å². The van der Waals surface area contributed by atoms with Gasteiger partial charge in [0.15, 0.2) is 6.10 Å². The molecule has 6 heteroatoms. The van der Waals surface area contributed by atoms with Crippen LogP contribution in [0.15, 0.2) is 72.9 Å². The monoisotopic (exact) mass is 935 g/mol. The molecule has 0 aromatic carbocycles. The van der Waals surface area contributed by atoms with Crippen LogP contribution in [0.5, 0.6) is 0 Å². The highest BCUT2D eigenvalue weighted by Crippen LogP contribution is 2.16. The smallest absolute Gasteiger partial charge is 0.306 e. The summed E-state index contributed by atoms with van der Waals surface area (Å²) in [6.07, 6.45) is 70.3. The van der Waals surface area contributed by atoms with Gasteiger partial charge in [0.1, 0.15) is 13.2 Å². The number of carbonyl (C=O) groups is 3. The first kappa shape index (κ1) is 63.8. The molecule has 0 fully saturated rings. The molecule has 6 nitrogen and oxygen atoms in total. The van der Waals surface area contributed by atoms with Crippen molar-refractivity contribution in [1.82, 2.24) is 0 Å². The number of hydrogen-bond acceptors (Lipinski definition) is 6. The van der Waals surface area contributed by atoms with E-state index in [4.69, 9.17) is 14.2 Å². The van der Waals surface area contributed by atoms with Gasteiger partial charge in [-0.15, -0.1) is 0 Å². The highest BCUT2D eigenvalue weighted by Gasteiger charge is 2.19. The minimum atomic E-state index is -0.798. The Labute approximate surface area is 414 Å². The van der Waals surface area contributed by atoms with Crippen molar-refractivity contribution in [2.24, 2.45) is 0 Å². The van der Waals surface area contributed by atoms with E-state index in [2.05, 4.69) is 75.5 Å². The molecule has 0 saturated heterocycles. The van der Waals surface area contributed by atoms with Crippen molar-refractivity contribution in [1.29, 1.82) is 0 Å². The summed E-state index contributed by atoms with van der Waals surface area (Å²) in [5, 5.41) is 0. The molecule has 0 aliphatic carbocycles. The van der Waals surface area contributed by atoms with Crippen LogP contribution in [0.1, 0.15) is 278 Å². The van der Waals surface area contributed by atoms with Crippen molar-refractivity contribution in [3.05, 3.63) is 72.9 Å². The molecule has 0 rings (SSSR count). The zero-order chi connectivity index (χ0) is 48.6. The molecule has 0 aromatic heterocycles. The SMILES string of the molecule is CC\C=C/C=C\C=C/C=C\CCCCCCCC(=O)OCC(COC(=O)CCCCCCCCCCCCCCCCCCCC)OC(=O)CCCCC/C=C\C=C/CCCCCCCCC. The Balaban J connectivity index is 4.43. The molecule has 0 amide bonds. The van der Waals surface area contributed by atoms with Crippen LogP contribution in [-0.4, -0.2) is 37.2 Å². The van der Waals surface area contributed by atoms with Crippen LogP contribution in [0.3, 0.4) is 0 Å². The Morgan fingerprint density at radius 2 is 0.582 bits per heavy atom. The van der Waals surface area contributed by atoms with Crippen LogP contribution in [0.4, 0.5) is 0 Å². The standard InChI is InChI=1S/C61H106O6/c1-4-7-10-13-16-19-22-25-28-30-31-34-36-39-42-45-48-51-54-60(63)66-57-58(56-65-59(62)53-50-47-44-41-38-35-32-27-24-21-18-15-12-9-6-3)67-61(64)55-52-49-46-43-40-37-33-29-26-23-20-17-14-11-8-5-2/h9,12,15,18,21,24,27,29,32-33,37,40,58H,4-8,10-11,13-14,16-17,19-20,22-23,25-26,28,30-31,34-36,38-39,41-57H2,1-3H3/b12-9-,18-15-,24-21-,32-27-,33-29-,40-37-. The van der Waals surface area contributed by atoms with Gasteiger partial charge >= 0.3 is 17.9 Å². The Morgan fingerprint density at radius 1 is 0.313 bits per heavy atom. The van der Waals surface area contributed by atoms with Crippen molar-refractivity contribution in [2.45, 2.75) is 284 Å². The van der Waals surface area contributed by atoms with E-state index in [1.165, 1.54) is 141 Å². The zero-order valence-corrected chi connectivity index (χ0v) is 44.2. The van der Waals surface area contributed by atoms with E-state index in [-0.39, 0.29) is 31.1 Å². The third-order valence-corrected chi connectivity index (χ3v) is 12.3. The van der Waals surface area contributed by atoms with Gasteiger partial charge in [-0.2, -0.15) is 0 Å². The van der Waals surface area contributed by atoms with Crippen molar-refractivity contribution >= 4 is 17.9 Å². The first-order chi connectivity index (χ1) is 33.0. The number of unbranched alkanes of at least 4 members (excludes halogenated alkanes) is 32. The highest BCUT2D eigenvalue weighted by atomic mass is 16.6. The minimum Gasteiger partial charge on any atom is -0.462 e. The average Bonchev–Trinajstić information content (AvgIpc) is 3.33. The number of ether oxygens (including phenoxy) is 3. The number of esters is 3. The Kier molecular flexibility index (Phi) is 52.8. The molecule has 67 heavy (non-hydrogen) atoms. The third kappa shape index (κ3) is 53.7. The van der Waals surface area contributed by atoms with Crippen molar-refractivity contribution in [3.63, 3.8) is 0 Å². The molecule has 0 N–H and O–H groups in total. The van der Waals surface area contributed by atoms with Crippen LogP contribution in [-0.2, 0) is 28.6 Å². The van der Waals surface area contributed by atoms with Gasteiger partial charge in [0, 0.05) is 19.3 Å². The second kappa shape index (κ2) is 55.4. The molecule has 0 saturated carbocycles. The molecule has 0 aromatic rings. The lowest BCUT2D eigenvalue weighted by Gasteiger charge is -2.18. The second-order valence-electron chi connectivity index (χ2n) is 18.9. The van der Waals surface area contributed by atoms with Gasteiger partial charge < -0.3 is 14.2 Å². The van der Waals surface area contributed by atoms with E-state index in [9.17, 15) is 14.4 Å². The second-order valence-corrected chi connectivity index (χ2v) is 18.9. The fourth-order valence-electron chi connectivity index (χ4n) is 8.03.